The van der Waals surface area contributed by atoms with E-state index in [0.717, 1.165) is 17.1 Å². The summed E-state index contributed by atoms with van der Waals surface area (Å²) in [6, 6.07) is 4.80. The molecule has 8 nitrogen and oxygen atoms in total. The van der Waals surface area contributed by atoms with E-state index >= 15 is 0 Å². The van der Waals surface area contributed by atoms with E-state index in [-0.39, 0.29) is 22.4 Å². The normalized spacial score (nSPS) is 22.2. The molecule has 0 amide bonds. The van der Waals surface area contributed by atoms with Crippen molar-refractivity contribution < 1.29 is 16.8 Å². The zero-order valence-electron chi connectivity index (χ0n) is 17.9. The molecule has 170 valence electrons. The lowest BCUT2D eigenvalue weighted by atomic mass is 10.2. The third-order valence-corrected chi connectivity index (χ3v) is 10.4. The van der Waals surface area contributed by atoms with Gasteiger partial charge in [0.15, 0.2) is 9.84 Å². The van der Waals surface area contributed by atoms with Crippen LogP contribution in [0, 0.1) is 20.8 Å². The first kappa shape index (κ1) is 22.6. The number of hydrogen-bond acceptors (Lipinski definition) is 6. The first-order chi connectivity index (χ1) is 14.5. The maximum atomic E-state index is 13.2. The van der Waals surface area contributed by atoms with Crippen LogP contribution in [0.2, 0.25) is 5.02 Å². The standard InChI is InChI=1S/C20H27ClN4O4S2/c1-14-18(21)5-4-6-19(14)31(28,29)24-10-8-23(9-11-24)20-15(2)22-25(16(20)3)17-7-12-30(26,27)13-17/h4-6,17H,7-13H2,1-3H3/t17-/m1/s1. The largest absolute Gasteiger partial charge is 0.366 e. The number of sulfonamides is 1. The Balaban J connectivity index is 1.53. The van der Waals surface area contributed by atoms with Crippen LogP contribution in [0.25, 0.3) is 0 Å². The third kappa shape index (κ3) is 4.10. The van der Waals surface area contributed by atoms with E-state index in [4.69, 9.17) is 11.6 Å². The second-order valence-corrected chi connectivity index (χ2v) is 12.8. The Morgan fingerprint density at radius 1 is 1.10 bits per heavy atom. The molecule has 4 rings (SSSR count). The van der Waals surface area contributed by atoms with Crippen LogP contribution in [0.5, 0.6) is 0 Å². The molecule has 2 aliphatic heterocycles. The number of aryl methyl sites for hydroxylation is 1. The first-order valence-electron chi connectivity index (χ1n) is 10.3. The van der Waals surface area contributed by atoms with Gasteiger partial charge in [0.2, 0.25) is 10.0 Å². The molecular formula is C20H27ClN4O4S2. The summed E-state index contributed by atoms with van der Waals surface area (Å²) in [5, 5.41) is 5.07. The van der Waals surface area contributed by atoms with Gasteiger partial charge >= 0.3 is 0 Å². The number of hydrogen-bond donors (Lipinski definition) is 0. The van der Waals surface area contributed by atoms with Crippen LogP contribution in [-0.2, 0) is 19.9 Å². The molecule has 3 heterocycles. The second-order valence-electron chi connectivity index (χ2n) is 8.27. The molecular weight excluding hydrogens is 460 g/mol. The summed E-state index contributed by atoms with van der Waals surface area (Å²) in [5.41, 5.74) is 3.30. The smallest absolute Gasteiger partial charge is 0.243 e. The van der Waals surface area contributed by atoms with Crippen molar-refractivity contribution in [2.45, 2.75) is 38.1 Å². The lowest BCUT2D eigenvalue weighted by Crippen LogP contribution is -2.49. The van der Waals surface area contributed by atoms with Crippen LogP contribution in [-0.4, -0.2) is 68.6 Å². The molecule has 31 heavy (non-hydrogen) atoms. The Morgan fingerprint density at radius 2 is 1.77 bits per heavy atom. The molecule has 2 aliphatic rings. The van der Waals surface area contributed by atoms with Gasteiger partial charge < -0.3 is 4.90 Å². The lowest BCUT2D eigenvalue weighted by Gasteiger charge is -2.35. The summed E-state index contributed by atoms with van der Waals surface area (Å²) < 4.78 is 53.4. The number of sulfone groups is 1. The number of halogens is 1. The molecule has 0 spiro atoms. The Kier molecular flexibility index (Phi) is 5.87. The Bertz CT molecular complexity index is 1220. The fraction of sp³-hybridized carbons (Fsp3) is 0.550. The van der Waals surface area contributed by atoms with Crippen LogP contribution >= 0.6 is 11.6 Å². The van der Waals surface area contributed by atoms with Gasteiger partial charge in [-0.2, -0.15) is 9.40 Å². The van der Waals surface area contributed by atoms with Gasteiger partial charge in [-0.25, -0.2) is 16.8 Å². The predicted molar refractivity (Wildman–Crippen MR) is 121 cm³/mol. The summed E-state index contributed by atoms with van der Waals surface area (Å²) in [5.74, 6) is 0.324. The molecule has 0 N–H and O–H groups in total. The van der Waals surface area contributed by atoms with Gasteiger partial charge in [-0.3, -0.25) is 4.68 Å². The maximum Gasteiger partial charge on any atom is 0.243 e. The second kappa shape index (κ2) is 8.06. The Labute approximate surface area is 188 Å². The van der Waals surface area contributed by atoms with Crippen molar-refractivity contribution in [3.8, 4) is 0 Å². The van der Waals surface area contributed by atoms with Crippen molar-refractivity contribution in [1.29, 1.82) is 0 Å². The molecule has 0 radical (unpaired) electrons. The molecule has 1 aromatic heterocycles. The van der Waals surface area contributed by atoms with Crippen molar-refractivity contribution in [3.05, 3.63) is 40.2 Å². The van der Waals surface area contributed by atoms with Gasteiger partial charge in [-0.1, -0.05) is 17.7 Å². The summed E-state index contributed by atoms with van der Waals surface area (Å²) in [6.07, 6.45) is 0.578. The molecule has 0 saturated carbocycles. The highest BCUT2D eigenvalue weighted by Crippen LogP contribution is 2.32. The van der Waals surface area contributed by atoms with Gasteiger partial charge in [0.25, 0.3) is 0 Å². The molecule has 0 unspecified atom stereocenters. The summed E-state index contributed by atoms with van der Waals surface area (Å²) in [7, 11) is -6.63. The number of nitrogens with zero attached hydrogens (tertiary/aromatic N) is 4. The van der Waals surface area contributed by atoms with Gasteiger partial charge in [0.05, 0.1) is 39.5 Å². The van der Waals surface area contributed by atoms with E-state index in [1.165, 1.54) is 4.31 Å². The monoisotopic (exact) mass is 486 g/mol. The van der Waals surface area contributed by atoms with E-state index in [9.17, 15) is 16.8 Å². The fourth-order valence-corrected chi connectivity index (χ4v) is 8.19. The average molecular weight is 487 g/mol. The van der Waals surface area contributed by atoms with Gasteiger partial charge in [-0.05, 0) is 44.9 Å². The highest BCUT2D eigenvalue weighted by atomic mass is 35.5. The predicted octanol–water partition coefficient (Wildman–Crippen LogP) is 2.33. The number of piperazine rings is 1. The van der Waals surface area contributed by atoms with Gasteiger partial charge in [0.1, 0.15) is 0 Å². The van der Waals surface area contributed by atoms with Crippen molar-refractivity contribution in [2.24, 2.45) is 0 Å². The first-order valence-corrected chi connectivity index (χ1v) is 13.9. The van der Waals surface area contributed by atoms with Crippen LogP contribution in [0.4, 0.5) is 5.69 Å². The van der Waals surface area contributed by atoms with Gasteiger partial charge in [0, 0.05) is 31.2 Å². The molecule has 11 heteroatoms. The van der Waals surface area contributed by atoms with E-state index < -0.39 is 19.9 Å². The van der Waals surface area contributed by atoms with E-state index in [1.807, 2.05) is 18.5 Å². The minimum atomic E-state index is -3.63. The number of rotatable bonds is 4. The highest BCUT2D eigenvalue weighted by molar-refractivity contribution is 7.91. The summed E-state index contributed by atoms with van der Waals surface area (Å²) in [6.45, 7) is 7.38. The minimum absolute atomic E-state index is 0.124. The maximum absolute atomic E-state index is 13.2. The highest BCUT2D eigenvalue weighted by Gasteiger charge is 2.34. The van der Waals surface area contributed by atoms with Crippen LogP contribution < -0.4 is 4.90 Å². The van der Waals surface area contributed by atoms with Crippen molar-refractivity contribution in [2.75, 3.05) is 42.6 Å². The van der Waals surface area contributed by atoms with Crippen LogP contribution in [0.3, 0.4) is 0 Å². The molecule has 2 fully saturated rings. The molecule has 1 aromatic carbocycles. The lowest BCUT2D eigenvalue weighted by molar-refractivity contribution is 0.384. The summed E-state index contributed by atoms with van der Waals surface area (Å²) >= 11 is 6.13. The Morgan fingerprint density at radius 3 is 2.39 bits per heavy atom. The van der Waals surface area contributed by atoms with Crippen molar-refractivity contribution >= 4 is 37.1 Å². The van der Waals surface area contributed by atoms with E-state index in [0.29, 0.717) is 43.2 Å². The quantitative estimate of drug-likeness (QED) is 0.658. The zero-order valence-corrected chi connectivity index (χ0v) is 20.3. The minimum Gasteiger partial charge on any atom is -0.366 e. The molecule has 2 saturated heterocycles. The van der Waals surface area contributed by atoms with Crippen LogP contribution in [0.1, 0.15) is 29.4 Å². The number of anilines is 1. The van der Waals surface area contributed by atoms with Crippen LogP contribution in [0.15, 0.2) is 23.1 Å². The van der Waals surface area contributed by atoms with Crippen molar-refractivity contribution in [3.63, 3.8) is 0 Å². The fourth-order valence-electron chi connectivity index (χ4n) is 4.59. The van der Waals surface area contributed by atoms with E-state index in [2.05, 4.69) is 10.00 Å². The third-order valence-electron chi connectivity index (χ3n) is 6.23. The van der Waals surface area contributed by atoms with Crippen molar-refractivity contribution in [1.82, 2.24) is 14.1 Å². The SMILES string of the molecule is Cc1nn([C@@H]2CCS(=O)(=O)C2)c(C)c1N1CCN(S(=O)(=O)c2cccc(Cl)c2C)CC1. The average Bonchev–Trinajstić information content (AvgIpc) is 3.22. The molecule has 1 atom stereocenters. The zero-order chi connectivity index (χ0) is 22.6. The summed E-state index contributed by atoms with van der Waals surface area (Å²) in [4.78, 5) is 2.39. The number of benzene rings is 1. The number of aromatic nitrogens is 2. The van der Waals surface area contributed by atoms with E-state index in [1.54, 1.807) is 25.1 Å². The Hall–Kier alpha value is -1.62. The topological polar surface area (TPSA) is 92.6 Å². The molecule has 0 aliphatic carbocycles. The molecule has 0 bridgehead atoms. The van der Waals surface area contributed by atoms with Gasteiger partial charge in [-0.15, -0.1) is 0 Å². The molecule has 2 aromatic rings.